The molecular formula is C42H24N4O3S2. The average molecular weight is 697 g/mol. The topological polar surface area (TPSA) is 71.7 Å². The van der Waals surface area contributed by atoms with Crippen LogP contribution in [0.5, 0.6) is 0 Å². The van der Waals surface area contributed by atoms with Gasteiger partial charge in [0.15, 0.2) is 11.2 Å². The van der Waals surface area contributed by atoms with Crippen molar-refractivity contribution in [3.8, 4) is 0 Å². The van der Waals surface area contributed by atoms with Gasteiger partial charge in [-0.2, -0.15) is 0 Å². The lowest BCUT2D eigenvalue weighted by molar-refractivity contribution is 0.667. The summed E-state index contributed by atoms with van der Waals surface area (Å²) in [4.78, 5) is 14.2. The van der Waals surface area contributed by atoms with Crippen LogP contribution in [-0.2, 0) is 0 Å². The van der Waals surface area contributed by atoms with Crippen LogP contribution in [0.15, 0.2) is 158 Å². The van der Waals surface area contributed by atoms with Crippen molar-refractivity contribution in [3.63, 3.8) is 0 Å². The minimum Gasteiger partial charge on any atom is -0.456 e. The Labute approximate surface area is 297 Å². The SMILES string of the molecule is c1csc(N(c2ccc3c(c2)oc2ccccc23)c2cnc3c(c2)oc2cc(N(c4ccc5c(c4)oc4ccccc45)c4cccs4)cnc23)c1. The second-order valence-electron chi connectivity index (χ2n) is 12.3. The maximum Gasteiger partial charge on any atom is 0.157 e. The number of hydrogen-bond acceptors (Lipinski definition) is 9. The number of para-hydroxylation sites is 2. The van der Waals surface area contributed by atoms with Gasteiger partial charge in [-0.15, -0.1) is 22.7 Å². The fourth-order valence-electron chi connectivity index (χ4n) is 7.05. The normalized spacial score (nSPS) is 11.9. The molecule has 7 heterocycles. The Morgan fingerprint density at radius 1 is 0.392 bits per heavy atom. The molecule has 4 aromatic carbocycles. The zero-order chi connectivity index (χ0) is 33.5. The first-order valence-corrected chi connectivity index (χ1v) is 18.2. The van der Waals surface area contributed by atoms with Crippen molar-refractivity contribution in [1.82, 2.24) is 9.97 Å². The van der Waals surface area contributed by atoms with Crippen molar-refractivity contribution in [3.05, 3.63) is 144 Å². The van der Waals surface area contributed by atoms with E-state index in [4.69, 9.17) is 23.2 Å². The lowest BCUT2D eigenvalue weighted by Crippen LogP contribution is -2.08. The quantitative estimate of drug-likeness (QED) is 0.171. The number of aromatic nitrogens is 2. The third kappa shape index (κ3) is 4.49. The number of rotatable bonds is 6. The van der Waals surface area contributed by atoms with E-state index in [9.17, 15) is 0 Å². The zero-order valence-corrected chi connectivity index (χ0v) is 28.3. The summed E-state index contributed by atoms with van der Waals surface area (Å²) in [5.74, 6) is 0. The molecule has 9 heteroatoms. The van der Waals surface area contributed by atoms with Crippen LogP contribution in [0.3, 0.4) is 0 Å². The van der Waals surface area contributed by atoms with Crippen LogP contribution in [-0.4, -0.2) is 9.97 Å². The van der Waals surface area contributed by atoms with Gasteiger partial charge in [0.05, 0.1) is 45.1 Å². The molecule has 0 aliphatic carbocycles. The highest BCUT2D eigenvalue weighted by atomic mass is 32.1. The summed E-state index contributed by atoms with van der Waals surface area (Å²) >= 11 is 3.32. The predicted molar refractivity (Wildman–Crippen MR) is 209 cm³/mol. The molecule has 0 aliphatic heterocycles. The van der Waals surface area contributed by atoms with E-state index < -0.39 is 0 Å². The van der Waals surface area contributed by atoms with Gasteiger partial charge in [0.2, 0.25) is 0 Å². The largest absolute Gasteiger partial charge is 0.456 e. The first-order chi connectivity index (χ1) is 25.2. The Bertz CT molecular complexity index is 2860. The Balaban J connectivity index is 1.02. The smallest absolute Gasteiger partial charge is 0.157 e. The van der Waals surface area contributed by atoms with Gasteiger partial charge in [-0.25, -0.2) is 9.97 Å². The third-order valence-corrected chi connectivity index (χ3v) is 11.0. The number of thiophene rings is 2. The molecule has 7 nitrogen and oxygen atoms in total. The van der Waals surface area contributed by atoms with Crippen LogP contribution in [0.4, 0.5) is 32.8 Å². The molecule has 51 heavy (non-hydrogen) atoms. The van der Waals surface area contributed by atoms with Crippen molar-refractivity contribution < 1.29 is 13.3 Å². The van der Waals surface area contributed by atoms with Crippen LogP contribution in [0.2, 0.25) is 0 Å². The molecule has 0 unspecified atom stereocenters. The minimum atomic E-state index is 0.657. The Kier molecular flexibility index (Phi) is 6.16. The summed E-state index contributed by atoms with van der Waals surface area (Å²) in [5.41, 5.74) is 9.84. The highest BCUT2D eigenvalue weighted by Gasteiger charge is 2.21. The van der Waals surface area contributed by atoms with Crippen molar-refractivity contribution in [2.75, 3.05) is 9.80 Å². The number of nitrogens with zero attached hydrogens (tertiary/aromatic N) is 4. The maximum atomic E-state index is 6.55. The molecule has 0 saturated heterocycles. The standard InChI is InChI=1S/C42H24N4O3S2/c1-3-9-33-29(7-1)31-15-13-25(19-35(31)47-33)45(39-11-5-17-50-39)27-21-37-41(43-23-27)42-38(49-37)22-28(24-44-42)46(40-12-6-18-51-40)26-14-16-32-30-8-2-4-10-34(30)48-36(32)20-26/h1-24H. The van der Waals surface area contributed by atoms with Crippen LogP contribution in [0.25, 0.3) is 66.1 Å². The summed E-state index contributed by atoms with van der Waals surface area (Å²) in [6.45, 7) is 0. The summed E-state index contributed by atoms with van der Waals surface area (Å²) in [7, 11) is 0. The lowest BCUT2D eigenvalue weighted by Gasteiger charge is -2.23. The second kappa shape index (κ2) is 11.0. The van der Waals surface area contributed by atoms with Crippen molar-refractivity contribution in [2.45, 2.75) is 0 Å². The minimum absolute atomic E-state index is 0.657. The highest BCUT2D eigenvalue weighted by Crippen LogP contribution is 2.44. The average Bonchev–Trinajstić information content (AvgIpc) is 4.01. The summed E-state index contributed by atoms with van der Waals surface area (Å²) in [6.07, 6.45) is 3.77. The molecule has 0 amide bonds. The monoisotopic (exact) mass is 696 g/mol. The molecule has 0 fully saturated rings. The van der Waals surface area contributed by atoms with E-state index in [0.29, 0.717) is 22.2 Å². The first kappa shape index (κ1) is 28.4. The van der Waals surface area contributed by atoms with Gasteiger partial charge in [-0.1, -0.05) is 36.4 Å². The molecule has 0 N–H and O–H groups in total. The molecule has 0 bridgehead atoms. The number of benzene rings is 4. The van der Waals surface area contributed by atoms with Gasteiger partial charge < -0.3 is 23.1 Å². The first-order valence-electron chi connectivity index (χ1n) is 16.4. The van der Waals surface area contributed by atoms with E-state index in [2.05, 4.69) is 93.4 Å². The van der Waals surface area contributed by atoms with E-state index >= 15 is 0 Å². The number of hydrogen-bond donors (Lipinski definition) is 0. The van der Waals surface area contributed by atoms with Gasteiger partial charge in [0.25, 0.3) is 0 Å². The molecule has 0 aliphatic rings. The molecule has 0 spiro atoms. The van der Waals surface area contributed by atoms with Gasteiger partial charge in [0, 0.05) is 45.8 Å². The fraction of sp³-hybridized carbons (Fsp3) is 0. The molecular weight excluding hydrogens is 673 g/mol. The Morgan fingerprint density at radius 2 is 0.824 bits per heavy atom. The molecule has 7 aromatic heterocycles. The summed E-state index contributed by atoms with van der Waals surface area (Å²) in [6, 6.07) is 41.3. The fourth-order valence-corrected chi connectivity index (χ4v) is 8.59. The van der Waals surface area contributed by atoms with Crippen molar-refractivity contribution in [2.24, 2.45) is 0 Å². The molecule has 0 saturated carbocycles. The summed E-state index contributed by atoms with van der Waals surface area (Å²) in [5, 5.41) is 10.6. The maximum absolute atomic E-state index is 6.55. The molecule has 11 aromatic rings. The molecule has 0 radical (unpaired) electrons. The van der Waals surface area contributed by atoms with Gasteiger partial charge in [-0.05, 0) is 71.4 Å². The van der Waals surface area contributed by atoms with Crippen LogP contribution < -0.4 is 9.80 Å². The second-order valence-corrected chi connectivity index (χ2v) is 14.2. The Hall–Kier alpha value is -6.42. The highest BCUT2D eigenvalue weighted by molar-refractivity contribution is 7.14. The lowest BCUT2D eigenvalue weighted by atomic mass is 10.1. The van der Waals surface area contributed by atoms with E-state index in [1.807, 2.05) is 60.9 Å². The van der Waals surface area contributed by atoms with E-state index in [1.54, 1.807) is 22.7 Å². The Morgan fingerprint density at radius 3 is 1.29 bits per heavy atom. The van der Waals surface area contributed by atoms with Crippen molar-refractivity contribution >= 4 is 122 Å². The number of fused-ring (bicyclic) bond motifs is 9. The third-order valence-electron chi connectivity index (χ3n) is 9.33. The van der Waals surface area contributed by atoms with Gasteiger partial charge in [-0.3, -0.25) is 0 Å². The zero-order valence-electron chi connectivity index (χ0n) is 26.7. The van der Waals surface area contributed by atoms with Gasteiger partial charge in [0.1, 0.15) is 33.4 Å². The van der Waals surface area contributed by atoms with E-state index in [0.717, 1.165) is 76.6 Å². The molecule has 242 valence electrons. The number of anilines is 6. The number of furan rings is 3. The summed E-state index contributed by atoms with van der Waals surface area (Å²) < 4.78 is 19.1. The predicted octanol–water partition coefficient (Wildman–Crippen LogP) is 13.2. The van der Waals surface area contributed by atoms with Crippen LogP contribution in [0.1, 0.15) is 0 Å². The van der Waals surface area contributed by atoms with Crippen LogP contribution in [0, 0.1) is 0 Å². The molecule has 0 atom stereocenters. The van der Waals surface area contributed by atoms with Crippen molar-refractivity contribution in [1.29, 1.82) is 0 Å². The van der Waals surface area contributed by atoms with Crippen LogP contribution >= 0.6 is 22.7 Å². The molecule has 11 rings (SSSR count). The number of pyridine rings is 2. The van der Waals surface area contributed by atoms with E-state index in [-0.39, 0.29) is 0 Å². The van der Waals surface area contributed by atoms with E-state index in [1.165, 1.54) is 0 Å². The van der Waals surface area contributed by atoms with Gasteiger partial charge >= 0.3 is 0 Å².